The Kier molecular flexibility index (Phi) is 8.22. The number of amides is 2. The zero-order chi connectivity index (χ0) is 22.8. The summed E-state index contributed by atoms with van der Waals surface area (Å²) in [5.74, 6) is 0.489. The molecule has 0 saturated carbocycles. The fraction of sp³-hybridized carbons (Fsp3) is 0.125. The summed E-state index contributed by atoms with van der Waals surface area (Å²) in [7, 11) is 0. The van der Waals surface area contributed by atoms with E-state index < -0.39 is 0 Å². The highest BCUT2D eigenvalue weighted by atomic mass is 35.5. The molecule has 0 aliphatic carbocycles. The third kappa shape index (κ3) is 7.14. The lowest BCUT2D eigenvalue weighted by molar-refractivity contribution is -0.123. The summed E-state index contributed by atoms with van der Waals surface area (Å²) in [6.45, 7) is 1.62. The number of hydrazone groups is 1. The van der Waals surface area contributed by atoms with Gasteiger partial charge in [-0.05, 0) is 60.5 Å². The molecule has 0 aliphatic heterocycles. The summed E-state index contributed by atoms with van der Waals surface area (Å²) in [6, 6.07) is 21.3. The van der Waals surface area contributed by atoms with Crippen LogP contribution in [0.2, 0.25) is 5.02 Å². The maximum Gasteiger partial charge on any atom is 0.277 e. The summed E-state index contributed by atoms with van der Waals surface area (Å²) in [5.41, 5.74) is 4.64. The number of aryl methyl sites for hydroxylation is 1. The number of carbonyl (C=O) groups is 2. The highest BCUT2D eigenvalue weighted by molar-refractivity contribution is 6.33. The summed E-state index contributed by atoms with van der Waals surface area (Å²) >= 11 is 6.01. The first kappa shape index (κ1) is 22.8. The van der Waals surface area contributed by atoms with E-state index in [0.29, 0.717) is 22.2 Å². The van der Waals surface area contributed by atoms with Crippen molar-refractivity contribution in [3.05, 3.63) is 88.9 Å². The van der Waals surface area contributed by atoms with Crippen molar-refractivity contribution in [3.8, 4) is 11.5 Å². The van der Waals surface area contributed by atoms with Gasteiger partial charge in [-0.2, -0.15) is 5.10 Å². The molecule has 7 nitrogen and oxygen atoms in total. The minimum atomic E-state index is -0.367. The molecule has 2 amide bonds. The van der Waals surface area contributed by atoms with Gasteiger partial charge in [0.25, 0.3) is 11.8 Å². The van der Waals surface area contributed by atoms with Gasteiger partial charge in [0, 0.05) is 0 Å². The molecule has 0 radical (unpaired) electrons. The molecular weight excluding hydrogens is 430 g/mol. The summed E-state index contributed by atoms with van der Waals surface area (Å²) in [6.07, 6.45) is 1.50. The fourth-order valence-corrected chi connectivity index (χ4v) is 2.80. The molecule has 0 unspecified atom stereocenters. The Hall–Kier alpha value is -3.84. The molecule has 3 aromatic carbocycles. The second-order valence-corrected chi connectivity index (χ2v) is 7.14. The number of hydrogen-bond donors (Lipinski definition) is 2. The number of nitrogens with zero attached hydrogens (tertiary/aromatic N) is 1. The molecule has 8 heteroatoms. The lowest BCUT2D eigenvalue weighted by Gasteiger charge is -2.09. The molecule has 0 heterocycles. The van der Waals surface area contributed by atoms with E-state index in [1.807, 2.05) is 25.1 Å². The first-order valence-electron chi connectivity index (χ1n) is 9.79. The van der Waals surface area contributed by atoms with E-state index in [0.717, 1.165) is 11.1 Å². The molecule has 0 spiro atoms. The Morgan fingerprint density at radius 3 is 2.34 bits per heavy atom. The molecule has 0 atom stereocenters. The number of hydrogen-bond acceptors (Lipinski definition) is 5. The van der Waals surface area contributed by atoms with Gasteiger partial charge in [-0.15, -0.1) is 0 Å². The predicted octanol–water partition coefficient (Wildman–Crippen LogP) is 4.20. The van der Waals surface area contributed by atoms with Gasteiger partial charge in [0.15, 0.2) is 13.2 Å². The van der Waals surface area contributed by atoms with Crippen molar-refractivity contribution in [2.75, 3.05) is 18.5 Å². The van der Waals surface area contributed by atoms with E-state index >= 15 is 0 Å². The van der Waals surface area contributed by atoms with Gasteiger partial charge in [0.05, 0.1) is 16.9 Å². The molecule has 32 heavy (non-hydrogen) atoms. The Morgan fingerprint density at radius 2 is 1.59 bits per heavy atom. The van der Waals surface area contributed by atoms with Gasteiger partial charge in [0.2, 0.25) is 0 Å². The molecule has 3 rings (SSSR count). The lowest BCUT2D eigenvalue weighted by atomic mass is 10.2. The summed E-state index contributed by atoms with van der Waals surface area (Å²) < 4.78 is 10.9. The summed E-state index contributed by atoms with van der Waals surface area (Å²) in [5, 5.41) is 7.06. The number of benzene rings is 3. The first-order chi connectivity index (χ1) is 15.5. The van der Waals surface area contributed by atoms with Crippen molar-refractivity contribution >= 4 is 35.3 Å². The molecule has 164 valence electrons. The SMILES string of the molecule is Cc1ccccc1OCC(=O)N/N=C\c1ccc(OCC(=O)Nc2ccccc2Cl)cc1. The van der Waals surface area contributed by atoms with Crippen LogP contribution in [0.25, 0.3) is 0 Å². The maximum absolute atomic E-state index is 12.0. The molecule has 0 fully saturated rings. The van der Waals surface area contributed by atoms with Crippen LogP contribution in [0.15, 0.2) is 77.9 Å². The van der Waals surface area contributed by atoms with E-state index in [9.17, 15) is 9.59 Å². The minimum Gasteiger partial charge on any atom is -0.484 e. The molecule has 0 aromatic heterocycles. The zero-order valence-electron chi connectivity index (χ0n) is 17.4. The minimum absolute atomic E-state index is 0.134. The van der Waals surface area contributed by atoms with Gasteiger partial charge >= 0.3 is 0 Å². The van der Waals surface area contributed by atoms with Crippen LogP contribution >= 0.6 is 11.6 Å². The monoisotopic (exact) mass is 451 g/mol. The van der Waals surface area contributed by atoms with Crippen LogP contribution in [-0.4, -0.2) is 31.2 Å². The largest absolute Gasteiger partial charge is 0.484 e. The van der Waals surface area contributed by atoms with E-state index in [-0.39, 0.29) is 25.0 Å². The quantitative estimate of drug-likeness (QED) is 0.377. The van der Waals surface area contributed by atoms with Crippen LogP contribution in [0.5, 0.6) is 11.5 Å². The van der Waals surface area contributed by atoms with Crippen LogP contribution in [-0.2, 0) is 9.59 Å². The average molecular weight is 452 g/mol. The fourth-order valence-electron chi connectivity index (χ4n) is 2.62. The Morgan fingerprint density at radius 1 is 0.906 bits per heavy atom. The molecule has 2 N–H and O–H groups in total. The van der Waals surface area contributed by atoms with Crippen molar-refractivity contribution in [2.24, 2.45) is 5.10 Å². The van der Waals surface area contributed by atoms with Crippen molar-refractivity contribution in [1.82, 2.24) is 5.43 Å². The Labute approximate surface area is 191 Å². The number of nitrogens with one attached hydrogen (secondary N) is 2. The number of anilines is 1. The van der Waals surface area contributed by atoms with Crippen LogP contribution < -0.4 is 20.2 Å². The smallest absolute Gasteiger partial charge is 0.277 e. The van der Waals surface area contributed by atoms with E-state index in [1.165, 1.54) is 6.21 Å². The van der Waals surface area contributed by atoms with Crippen molar-refractivity contribution in [2.45, 2.75) is 6.92 Å². The van der Waals surface area contributed by atoms with Crippen molar-refractivity contribution < 1.29 is 19.1 Å². The number of halogens is 1. The highest BCUT2D eigenvalue weighted by Crippen LogP contribution is 2.20. The van der Waals surface area contributed by atoms with Crippen molar-refractivity contribution in [1.29, 1.82) is 0 Å². The molecule has 0 bridgehead atoms. The van der Waals surface area contributed by atoms with Gasteiger partial charge in [-0.25, -0.2) is 5.43 Å². The Balaban J connectivity index is 1.40. The molecule has 0 aliphatic rings. The van der Waals surface area contributed by atoms with E-state index in [2.05, 4.69) is 15.8 Å². The lowest BCUT2D eigenvalue weighted by Crippen LogP contribution is -2.24. The predicted molar refractivity (Wildman–Crippen MR) is 124 cm³/mol. The maximum atomic E-state index is 12.0. The third-order valence-electron chi connectivity index (χ3n) is 4.25. The normalized spacial score (nSPS) is 10.6. The summed E-state index contributed by atoms with van der Waals surface area (Å²) in [4.78, 5) is 23.9. The van der Waals surface area contributed by atoms with E-state index in [1.54, 1.807) is 54.6 Å². The molecule has 0 saturated heterocycles. The van der Waals surface area contributed by atoms with Crippen LogP contribution in [0.1, 0.15) is 11.1 Å². The second-order valence-electron chi connectivity index (χ2n) is 6.73. The second kappa shape index (κ2) is 11.5. The number of carbonyl (C=O) groups excluding carboxylic acids is 2. The van der Waals surface area contributed by atoms with Gasteiger partial charge < -0.3 is 14.8 Å². The average Bonchev–Trinajstić information content (AvgIpc) is 2.79. The van der Waals surface area contributed by atoms with Gasteiger partial charge in [0.1, 0.15) is 11.5 Å². The van der Waals surface area contributed by atoms with Gasteiger partial charge in [-0.1, -0.05) is 41.9 Å². The first-order valence-corrected chi connectivity index (χ1v) is 10.2. The van der Waals surface area contributed by atoms with Crippen LogP contribution in [0, 0.1) is 6.92 Å². The number of para-hydroxylation sites is 2. The number of ether oxygens (including phenoxy) is 2. The highest BCUT2D eigenvalue weighted by Gasteiger charge is 2.06. The third-order valence-corrected chi connectivity index (χ3v) is 4.58. The van der Waals surface area contributed by atoms with E-state index in [4.69, 9.17) is 21.1 Å². The number of rotatable bonds is 9. The van der Waals surface area contributed by atoms with Gasteiger partial charge in [-0.3, -0.25) is 9.59 Å². The van der Waals surface area contributed by atoms with Crippen LogP contribution in [0.4, 0.5) is 5.69 Å². The molecule has 3 aromatic rings. The van der Waals surface area contributed by atoms with Crippen molar-refractivity contribution in [3.63, 3.8) is 0 Å². The Bertz CT molecular complexity index is 1100. The standard InChI is InChI=1S/C24H22ClN3O4/c1-17-6-2-5-9-22(17)32-16-24(30)28-26-14-18-10-12-19(13-11-18)31-15-23(29)27-21-8-4-3-7-20(21)25/h2-14H,15-16H2,1H3,(H,27,29)(H,28,30)/b26-14-. The topological polar surface area (TPSA) is 89.0 Å². The van der Waals surface area contributed by atoms with Crippen LogP contribution in [0.3, 0.4) is 0 Å². The zero-order valence-corrected chi connectivity index (χ0v) is 18.1. The molecular formula is C24H22ClN3O4.